The lowest BCUT2D eigenvalue weighted by Gasteiger charge is -1.99. The number of rotatable bonds is 4. The molecule has 1 nitrogen and oxygen atoms in total. The molecule has 0 aliphatic carbocycles. The van der Waals surface area contributed by atoms with Crippen LogP contribution in [-0.4, -0.2) is 8.34 Å². The molecule has 0 atom stereocenters. The molecule has 0 unspecified atom stereocenters. The average Bonchev–Trinajstić information content (AvgIpc) is 1.63. The van der Waals surface area contributed by atoms with Crippen LogP contribution in [0.1, 0.15) is 0 Å². The van der Waals surface area contributed by atoms with Crippen molar-refractivity contribution in [3.05, 3.63) is 0 Å². The van der Waals surface area contributed by atoms with Crippen LogP contribution in [0.4, 0.5) is 0 Å². The van der Waals surface area contributed by atoms with E-state index in [9.17, 15) is 0 Å². The molecule has 56 valence electrons. The van der Waals surface area contributed by atoms with E-state index in [2.05, 4.69) is 3.63 Å². The van der Waals surface area contributed by atoms with E-state index in [0.29, 0.717) is 0 Å². The topological polar surface area (TPSA) is 9.23 Å². The fourth-order valence-electron chi connectivity index (χ4n) is 0.0821. The van der Waals surface area contributed by atoms with E-state index >= 15 is 0 Å². The Labute approximate surface area is 82.1 Å². The van der Waals surface area contributed by atoms with Crippen molar-refractivity contribution in [1.29, 1.82) is 0 Å². The minimum atomic E-state index is -0.607. The van der Waals surface area contributed by atoms with E-state index in [4.69, 9.17) is 46.4 Å². The second kappa shape index (κ2) is 6.53. The van der Waals surface area contributed by atoms with Crippen molar-refractivity contribution in [1.82, 2.24) is 0 Å². The molecule has 0 aromatic carbocycles. The number of halogens is 4. The zero-order valence-electron chi connectivity index (χ0n) is 3.89. The summed E-state index contributed by atoms with van der Waals surface area (Å²) >= 11 is 22.8. The lowest BCUT2D eigenvalue weighted by Crippen LogP contribution is -1.79. The second-order valence-electron chi connectivity index (χ2n) is 0.782. The van der Waals surface area contributed by atoms with Gasteiger partial charge in [0.05, 0.1) is 0 Å². The van der Waals surface area contributed by atoms with Crippen molar-refractivity contribution >= 4 is 70.5 Å². The third kappa shape index (κ3) is 9.82. The van der Waals surface area contributed by atoms with Crippen LogP contribution in [0.25, 0.3) is 0 Å². The Bertz CT molecular complexity index is 61.6. The molecule has 0 saturated carbocycles. The first kappa shape index (κ1) is 10.8. The summed E-state index contributed by atoms with van der Waals surface area (Å²) in [4.78, 5) is 0. The molecule has 0 N–H and O–H groups in total. The maximum Gasteiger partial charge on any atom is 0.179 e. The van der Waals surface area contributed by atoms with Gasteiger partial charge in [0, 0.05) is 24.1 Å². The van der Waals surface area contributed by atoms with Gasteiger partial charge in [-0.1, -0.05) is 46.4 Å². The highest BCUT2D eigenvalue weighted by Crippen LogP contribution is 2.30. The summed E-state index contributed by atoms with van der Waals surface area (Å²) < 4.78 is 3.45. The molecule has 0 amide bonds. The summed E-state index contributed by atoms with van der Waals surface area (Å²) in [6, 6.07) is 0. The third-order valence-corrected chi connectivity index (χ3v) is 2.02. The summed E-state index contributed by atoms with van der Waals surface area (Å²) in [5.74, 6) is 0. The molecule has 0 bridgehead atoms. The van der Waals surface area contributed by atoms with E-state index in [-0.39, 0.29) is 0 Å². The van der Waals surface area contributed by atoms with Crippen molar-refractivity contribution in [2.75, 3.05) is 0 Å². The van der Waals surface area contributed by atoms with Crippen LogP contribution in [0.15, 0.2) is 0 Å². The summed E-state index contributed by atoms with van der Waals surface area (Å²) in [7, 11) is 0. The average molecular weight is 248 g/mol. The highest BCUT2D eigenvalue weighted by atomic mass is 35.5. The largest absolute Gasteiger partial charge is 0.242 e. The van der Waals surface area contributed by atoms with Gasteiger partial charge in [-0.15, -0.1) is 0 Å². The van der Waals surface area contributed by atoms with Gasteiger partial charge < -0.3 is 0 Å². The molecule has 0 spiro atoms. The summed E-state index contributed by atoms with van der Waals surface area (Å²) in [5.41, 5.74) is 0. The molecule has 0 rings (SSSR count). The van der Waals surface area contributed by atoms with Crippen LogP contribution in [0.3, 0.4) is 0 Å². The molecule has 0 heterocycles. The van der Waals surface area contributed by atoms with Crippen molar-refractivity contribution in [2.45, 2.75) is 8.34 Å². The molecule has 0 radical (unpaired) electrons. The summed E-state index contributed by atoms with van der Waals surface area (Å²) in [5, 5.41) is 0. The first-order valence-electron chi connectivity index (χ1n) is 1.68. The number of alkyl halides is 4. The van der Waals surface area contributed by atoms with Gasteiger partial charge in [-0.05, 0) is 0 Å². The Hall–Kier alpha value is 1.82. The highest BCUT2D eigenvalue weighted by molar-refractivity contribution is 8.10. The predicted octanol–water partition coefficient (Wildman–Crippen LogP) is 3.82. The van der Waals surface area contributed by atoms with Crippen molar-refractivity contribution < 1.29 is 3.63 Å². The molecule has 0 aromatic heterocycles. The third-order valence-electron chi connectivity index (χ3n) is 0.224. The summed E-state index contributed by atoms with van der Waals surface area (Å²) in [6.07, 6.45) is 0. The molecule has 7 heteroatoms. The Morgan fingerprint density at radius 2 is 1.22 bits per heavy atom. The maximum absolute atomic E-state index is 5.27. The minimum Gasteiger partial charge on any atom is -0.242 e. The Kier molecular flexibility index (Phi) is 7.84. The molecular formula is C2H2Cl4OS2. The van der Waals surface area contributed by atoms with E-state index < -0.39 is 8.34 Å². The van der Waals surface area contributed by atoms with Gasteiger partial charge in [-0.3, -0.25) is 0 Å². The Morgan fingerprint density at radius 1 is 0.889 bits per heavy atom. The quantitative estimate of drug-likeness (QED) is 0.552. The van der Waals surface area contributed by atoms with Crippen LogP contribution in [0.2, 0.25) is 0 Å². The SMILES string of the molecule is ClC(Cl)SOSC(Cl)Cl. The molecule has 0 saturated heterocycles. The van der Waals surface area contributed by atoms with Gasteiger partial charge in [-0.25, -0.2) is 3.63 Å². The van der Waals surface area contributed by atoms with Gasteiger partial charge in [0.2, 0.25) is 0 Å². The Balaban J connectivity index is 2.91. The van der Waals surface area contributed by atoms with Gasteiger partial charge in [0.15, 0.2) is 8.34 Å². The molecular weight excluding hydrogens is 246 g/mol. The zero-order chi connectivity index (χ0) is 7.28. The lowest BCUT2D eigenvalue weighted by atomic mass is 11.9. The van der Waals surface area contributed by atoms with Crippen LogP contribution in [-0.2, 0) is 3.63 Å². The van der Waals surface area contributed by atoms with E-state index in [1.165, 1.54) is 0 Å². The van der Waals surface area contributed by atoms with Gasteiger partial charge in [-0.2, -0.15) is 0 Å². The standard InChI is InChI=1S/C2H2Cl4OS2/c3-1(4)8-7-9-2(5)6/h1-2H. The molecule has 0 aliphatic rings. The first-order chi connectivity index (χ1) is 4.13. The minimum absolute atomic E-state index is 0.607. The zero-order valence-corrected chi connectivity index (χ0v) is 8.55. The molecule has 0 aliphatic heterocycles. The number of hydrogen-bond acceptors (Lipinski definition) is 3. The van der Waals surface area contributed by atoms with Crippen molar-refractivity contribution in [2.24, 2.45) is 0 Å². The fourth-order valence-corrected chi connectivity index (χ4v) is 1.81. The molecule has 9 heavy (non-hydrogen) atoms. The first-order valence-corrected chi connectivity index (χ1v) is 5.03. The predicted molar refractivity (Wildman–Crippen MR) is 47.3 cm³/mol. The van der Waals surface area contributed by atoms with Gasteiger partial charge in [0.1, 0.15) is 0 Å². The van der Waals surface area contributed by atoms with Crippen LogP contribution in [0, 0.1) is 0 Å². The highest BCUT2D eigenvalue weighted by Gasteiger charge is 2.03. The number of hydrogen-bond donors (Lipinski definition) is 0. The van der Waals surface area contributed by atoms with Gasteiger partial charge >= 0.3 is 0 Å². The summed E-state index contributed by atoms with van der Waals surface area (Å²) in [6.45, 7) is 0. The molecule has 0 aromatic rings. The van der Waals surface area contributed by atoms with Crippen LogP contribution >= 0.6 is 70.5 Å². The maximum atomic E-state index is 5.27. The monoisotopic (exact) mass is 246 g/mol. The van der Waals surface area contributed by atoms with Crippen molar-refractivity contribution in [3.63, 3.8) is 0 Å². The Morgan fingerprint density at radius 3 is 1.44 bits per heavy atom. The van der Waals surface area contributed by atoms with Gasteiger partial charge in [0.25, 0.3) is 0 Å². The lowest BCUT2D eigenvalue weighted by molar-refractivity contribution is 0.762. The van der Waals surface area contributed by atoms with E-state index in [1.54, 1.807) is 0 Å². The van der Waals surface area contributed by atoms with Crippen molar-refractivity contribution in [3.8, 4) is 0 Å². The van der Waals surface area contributed by atoms with E-state index in [1.807, 2.05) is 0 Å². The van der Waals surface area contributed by atoms with Crippen LogP contribution < -0.4 is 0 Å². The molecule has 0 fully saturated rings. The van der Waals surface area contributed by atoms with Crippen LogP contribution in [0.5, 0.6) is 0 Å². The smallest absolute Gasteiger partial charge is 0.179 e. The second-order valence-corrected chi connectivity index (χ2v) is 5.88. The fraction of sp³-hybridized carbons (Fsp3) is 1.00. The normalized spacial score (nSPS) is 11.3. The van der Waals surface area contributed by atoms with E-state index in [0.717, 1.165) is 24.1 Å².